The Hall–Kier alpha value is -2.00. The Balaban J connectivity index is 1.81. The fraction of sp³-hybridized carbons (Fsp3) is 0.400. The van der Waals surface area contributed by atoms with E-state index in [1.807, 2.05) is 0 Å². The van der Waals surface area contributed by atoms with E-state index in [4.69, 9.17) is 4.74 Å². The van der Waals surface area contributed by atoms with Gasteiger partial charge in [-0.2, -0.15) is 0 Å². The number of hydrogen-bond acceptors (Lipinski definition) is 3. The molecule has 1 fully saturated rings. The van der Waals surface area contributed by atoms with Crippen molar-refractivity contribution in [2.24, 2.45) is 0 Å². The number of aryl methyl sites for hydroxylation is 1. The number of para-hydroxylation sites is 1. The van der Waals surface area contributed by atoms with Gasteiger partial charge in [0.05, 0.1) is 7.11 Å². The van der Waals surface area contributed by atoms with Crippen molar-refractivity contribution >= 4 is 5.69 Å². The summed E-state index contributed by atoms with van der Waals surface area (Å²) < 4.78 is 5.36. The van der Waals surface area contributed by atoms with Crippen LogP contribution in [0.5, 0.6) is 5.75 Å². The smallest absolute Gasteiger partial charge is 0.119 e. The summed E-state index contributed by atoms with van der Waals surface area (Å²) in [6, 6.07) is 13.8. The molecule has 0 aromatic heterocycles. The van der Waals surface area contributed by atoms with E-state index in [2.05, 4.69) is 53.5 Å². The summed E-state index contributed by atoms with van der Waals surface area (Å²) >= 11 is 0. The molecule has 4 rings (SSSR count). The van der Waals surface area contributed by atoms with Crippen molar-refractivity contribution in [3.05, 3.63) is 47.5 Å². The molecule has 2 aromatic rings. The summed E-state index contributed by atoms with van der Waals surface area (Å²) in [4.78, 5) is 2.63. The van der Waals surface area contributed by atoms with Crippen molar-refractivity contribution in [2.45, 2.75) is 25.8 Å². The zero-order valence-electron chi connectivity index (χ0n) is 13.9. The highest BCUT2D eigenvalue weighted by Crippen LogP contribution is 2.42. The number of benzene rings is 2. The fourth-order valence-electron chi connectivity index (χ4n) is 4.07. The lowest BCUT2D eigenvalue weighted by Gasteiger charge is -2.27. The number of nitrogens with one attached hydrogen (secondary N) is 1. The van der Waals surface area contributed by atoms with Gasteiger partial charge >= 0.3 is 0 Å². The monoisotopic (exact) mass is 308 g/mol. The molecule has 3 heteroatoms. The topological polar surface area (TPSA) is 24.5 Å². The Bertz CT molecular complexity index is 726. The molecule has 0 aliphatic carbocycles. The van der Waals surface area contributed by atoms with Crippen LogP contribution >= 0.6 is 0 Å². The van der Waals surface area contributed by atoms with Gasteiger partial charge in [-0.15, -0.1) is 0 Å². The largest absolute Gasteiger partial charge is 0.497 e. The highest BCUT2D eigenvalue weighted by Gasteiger charge is 2.32. The van der Waals surface area contributed by atoms with Gasteiger partial charge < -0.3 is 15.0 Å². The summed E-state index contributed by atoms with van der Waals surface area (Å²) in [6.07, 6.45) is 2.41. The van der Waals surface area contributed by atoms with Gasteiger partial charge in [0.25, 0.3) is 0 Å². The Morgan fingerprint density at radius 2 is 2.04 bits per heavy atom. The van der Waals surface area contributed by atoms with Crippen molar-refractivity contribution in [2.75, 3.05) is 31.6 Å². The molecule has 0 saturated carbocycles. The van der Waals surface area contributed by atoms with Crippen LogP contribution in [-0.2, 0) is 6.42 Å². The van der Waals surface area contributed by atoms with Crippen LogP contribution < -0.4 is 15.0 Å². The molecule has 23 heavy (non-hydrogen) atoms. The first-order chi connectivity index (χ1) is 11.3. The van der Waals surface area contributed by atoms with Gasteiger partial charge in [-0.25, -0.2) is 0 Å². The molecule has 1 N–H and O–H groups in total. The molecule has 2 aromatic carbocycles. The first kappa shape index (κ1) is 14.6. The van der Waals surface area contributed by atoms with Gasteiger partial charge in [0.15, 0.2) is 0 Å². The van der Waals surface area contributed by atoms with E-state index in [9.17, 15) is 0 Å². The van der Waals surface area contributed by atoms with Crippen molar-refractivity contribution in [1.29, 1.82) is 0 Å². The Morgan fingerprint density at radius 1 is 1.13 bits per heavy atom. The first-order valence-corrected chi connectivity index (χ1v) is 8.52. The molecule has 0 radical (unpaired) electrons. The van der Waals surface area contributed by atoms with Gasteiger partial charge in [-0.1, -0.05) is 24.3 Å². The minimum Gasteiger partial charge on any atom is -0.497 e. The average molecular weight is 308 g/mol. The van der Waals surface area contributed by atoms with Crippen molar-refractivity contribution in [3.63, 3.8) is 0 Å². The van der Waals surface area contributed by atoms with Crippen LogP contribution in [0, 0.1) is 6.92 Å². The Morgan fingerprint density at radius 3 is 2.87 bits per heavy atom. The SMILES string of the molecule is COc1ccc(-c2cccc3c2N2CCNCCC2C3)c(C)c1. The number of nitrogens with zero attached hydrogens (tertiary/aromatic N) is 1. The number of ether oxygens (including phenoxy) is 1. The molecule has 0 bridgehead atoms. The lowest BCUT2D eigenvalue weighted by atomic mass is 9.96. The molecule has 2 heterocycles. The van der Waals surface area contributed by atoms with Crippen LogP contribution in [0.25, 0.3) is 11.1 Å². The standard InChI is InChI=1S/C20H24N2O/c1-14-12-17(23-2)6-7-18(14)19-5-3-4-15-13-16-8-9-21-10-11-22(16)20(15)19/h3-7,12,16,21H,8-11,13H2,1-2H3. The molecule has 2 aliphatic rings. The van der Waals surface area contributed by atoms with Crippen molar-refractivity contribution in [1.82, 2.24) is 5.32 Å². The summed E-state index contributed by atoms with van der Waals surface area (Å²) in [6.45, 7) is 5.48. The minimum absolute atomic E-state index is 0.653. The summed E-state index contributed by atoms with van der Waals surface area (Å²) in [5.74, 6) is 0.927. The second kappa shape index (κ2) is 5.89. The zero-order chi connectivity index (χ0) is 15.8. The quantitative estimate of drug-likeness (QED) is 0.920. The molecule has 120 valence electrons. The van der Waals surface area contributed by atoms with E-state index in [1.54, 1.807) is 7.11 Å². The third-order valence-electron chi connectivity index (χ3n) is 5.21. The number of hydrogen-bond donors (Lipinski definition) is 1. The number of rotatable bonds is 2. The molecule has 1 unspecified atom stereocenters. The van der Waals surface area contributed by atoms with E-state index < -0.39 is 0 Å². The predicted molar refractivity (Wildman–Crippen MR) is 95.5 cm³/mol. The average Bonchev–Trinajstić information content (AvgIpc) is 2.76. The maximum absolute atomic E-state index is 5.36. The zero-order valence-corrected chi connectivity index (χ0v) is 13.9. The summed E-state index contributed by atoms with van der Waals surface area (Å²) in [5.41, 5.74) is 6.92. The van der Waals surface area contributed by atoms with Crippen LogP contribution in [0.3, 0.4) is 0 Å². The van der Waals surface area contributed by atoms with Gasteiger partial charge in [-0.3, -0.25) is 0 Å². The maximum Gasteiger partial charge on any atom is 0.119 e. The van der Waals surface area contributed by atoms with E-state index in [0.717, 1.165) is 25.4 Å². The normalized spacial score (nSPS) is 19.9. The van der Waals surface area contributed by atoms with Gasteiger partial charge in [-0.05, 0) is 55.1 Å². The second-order valence-electron chi connectivity index (χ2n) is 6.58. The lowest BCUT2D eigenvalue weighted by Crippen LogP contribution is -2.33. The number of fused-ring (bicyclic) bond motifs is 3. The fourth-order valence-corrected chi connectivity index (χ4v) is 4.07. The Labute approximate surface area is 138 Å². The highest BCUT2D eigenvalue weighted by atomic mass is 16.5. The second-order valence-corrected chi connectivity index (χ2v) is 6.58. The third kappa shape index (κ3) is 2.49. The van der Waals surface area contributed by atoms with Crippen LogP contribution in [0.1, 0.15) is 17.5 Å². The van der Waals surface area contributed by atoms with E-state index >= 15 is 0 Å². The van der Waals surface area contributed by atoms with Crippen LogP contribution in [0.15, 0.2) is 36.4 Å². The molecule has 2 aliphatic heterocycles. The van der Waals surface area contributed by atoms with Gasteiger partial charge in [0, 0.05) is 30.4 Å². The van der Waals surface area contributed by atoms with Crippen molar-refractivity contribution < 1.29 is 4.74 Å². The molecular weight excluding hydrogens is 284 g/mol. The van der Waals surface area contributed by atoms with Crippen LogP contribution in [-0.4, -0.2) is 32.8 Å². The highest BCUT2D eigenvalue weighted by molar-refractivity contribution is 5.85. The number of anilines is 1. The molecule has 1 atom stereocenters. The third-order valence-corrected chi connectivity index (χ3v) is 5.21. The van der Waals surface area contributed by atoms with E-state index in [0.29, 0.717) is 6.04 Å². The van der Waals surface area contributed by atoms with Crippen molar-refractivity contribution in [3.8, 4) is 16.9 Å². The summed E-state index contributed by atoms with van der Waals surface area (Å²) in [7, 11) is 1.73. The molecule has 3 nitrogen and oxygen atoms in total. The first-order valence-electron chi connectivity index (χ1n) is 8.52. The molecule has 0 amide bonds. The molecular formula is C20H24N2O. The molecule has 1 saturated heterocycles. The molecule has 0 spiro atoms. The minimum atomic E-state index is 0.653. The van der Waals surface area contributed by atoms with E-state index in [1.165, 1.54) is 40.8 Å². The van der Waals surface area contributed by atoms with E-state index in [-0.39, 0.29) is 0 Å². The number of methoxy groups -OCH3 is 1. The van der Waals surface area contributed by atoms with Crippen LogP contribution in [0.4, 0.5) is 5.69 Å². The Kier molecular flexibility index (Phi) is 3.74. The maximum atomic E-state index is 5.36. The lowest BCUT2D eigenvalue weighted by molar-refractivity contribution is 0.414. The predicted octanol–water partition coefficient (Wildman–Crippen LogP) is 3.40. The van der Waals surface area contributed by atoms with Gasteiger partial charge in [0.2, 0.25) is 0 Å². The summed E-state index contributed by atoms with van der Waals surface area (Å²) in [5, 5.41) is 3.53. The van der Waals surface area contributed by atoms with Gasteiger partial charge in [0.1, 0.15) is 5.75 Å². The van der Waals surface area contributed by atoms with Crippen LogP contribution in [0.2, 0.25) is 0 Å².